The number of hydrogen-bond donors (Lipinski definition) is 1. The van der Waals surface area contributed by atoms with Gasteiger partial charge in [0, 0.05) is 6.61 Å². The van der Waals surface area contributed by atoms with E-state index in [-0.39, 0.29) is 0 Å². The van der Waals surface area contributed by atoms with Gasteiger partial charge in [-0.05, 0) is 60.2 Å². The van der Waals surface area contributed by atoms with Crippen LogP contribution in [0.15, 0.2) is 0 Å². The molecule has 0 aromatic heterocycles. The maximum atomic E-state index is 9.62. The number of aliphatic hydroxyl groups is 1. The summed E-state index contributed by atoms with van der Waals surface area (Å²) in [5.74, 6) is 4.56. The first kappa shape index (κ1) is 26.0. The molecule has 1 N–H and O–H groups in total. The van der Waals surface area contributed by atoms with E-state index in [0.29, 0.717) is 12.0 Å². The van der Waals surface area contributed by atoms with Crippen molar-refractivity contribution in [2.75, 3.05) is 6.61 Å². The van der Waals surface area contributed by atoms with Crippen molar-refractivity contribution in [1.82, 2.24) is 0 Å². The Kier molecular flexibility index (Phi) is 13.2. The monoisotopic (exact) mass is 368 g/mol. The summed E-state index contributed by atoms with van der Waals surface area (Å²) in [4.78, 5) is 0. The van der Waals surface area contributed by atoms with Crippen molar-refractivity contribution in [2.45, 2.75) is 114 Å². The van der Waals surface area contributed by atoms with Gasteiger partial charge in [-0.2, -0.15) is 0 Å². The number of rotatable bonds is 15. The summed E-state index contributed by atoms with van der Waals surface area (Å²) in [6.45, 7) is 22.3. The van der Waals surface area contributed by atoms with Crippen LogP contribution in [-0.2, 0) is 0 Å². The lowest BCUT2D eigenvalue weighted by Crippen LogP contribution is -2.44. The maximum absolute atomic E-state index is 9.62. The van der Waals surface area contributed by atoms with Gasteiger partial charge < -0.3 is 5.11 Å². The molecule has 0 amide bonds. The van der Waals surface area contributed by atoms with Crippen LogP contribution >= 0.6 is 0 Å². The fourth-order valence-corrected chi connectivity index (χ4v) is 5.99. The van der Waals surface area contributed by atoms with Gasteiger partial charge in [0.15, 0.2) is 0 Å². The van der Waals surface area contributed by atoms with Gasteiger partial charge in [-0.15, -0.1) is 0 Å². The van der Waals surface area contributed by atoms with E-state index in [2.05, 4.69) is 62.3 Å². The smallest absolute Gasteiger partial charge is 0.0431 e. The molecular formula is C25H52O. The van der Waals surface area contributed by atoms with Gasteiger partial charge in [0.05, 0.1) is 0 Å². The summed E-state index contributed by atoms with van der Waals surface area (Å²) in [5.41, 5.74) is 0.378. The lowest BCUT2D eigenvalue weighted by atomic mass is 9.54. The molecule has 0 saturated heterocycles. The molecule has 0 heterocycles. The summed E-state index contributed by atoms with van der Waals surface area (Å²) < 4.78 is 0. The second-order valence-electron chi connectivity index (χ2n) is 9.50. The molecule has 0 aromatic carbocycles. The molecule has 0 aromatic rings. The molecule has 0 fully saturated rings. The van der Waals surface area contributed by atoms with Gasteiger partial charge in [-0.25, -0.2) is 0 Å². The molecule has 0 rings (SSSR count). The van der Waals surface area contributed by atoms with Crippen molar-refractivity contribution < 1.29 is 5.11 Å². The van der Waals surface area contributed by atoms with Crippen LogP contribution in [0.2, 0.25) is 0 Å². The third-order valence-corrected chi connectivity index (χ3v) is 8.15. The van der Waals surface area contributed by atoms with Gasteiger partial charge in [-0.1, -0.05) is 94.4 Å². The molecular weight excluding hydrogens is 316 g/mol. The molecule has 0 aliphatic heterocycles. The minimum Gasteiger partial charge on any atom is -0.396 e. The first-order valence-corrected chi connectivity index (χ1v) is 11.9. The van der Waals surface area contributed by atoms with E-state index in [0.717, 1.165) is 41.9 Å². The van der Waals surface area contributed by atoms with Crippen LogP contribution in [0.3, 0.4) is 0 Å². The standard InChI is InChI=1S/C25H52O/c1-10-15-21(7)25(16-11-2,17-14-18-26)23(9)24(20(6)13-4)22(8)19(5)12-3/h19-24,26H,10-18H2,1-9H3. The van der Waals surface area contributed by atoms with E-state index in [1.165, 1.54) is 44.9 Å². The fraction of sp³-hybridized carbons (Fsp3) is 1.00. The highest BCUT2D eigenvalue weighted by Gasteiger charge is 2.45. The minimum absolute atomic E-state index is 0.339. The average Bonchev–Trinajstić information content (AvgIpc) is 2.64. The summed E-state index contributed by atoms with van der Waals surface area (Å²) in [6, 6.07) is 0. The summed E-state index contributed by atoms with van der Waals surface area (Å²) in [6.07, 6.45) is 9.88. The van der Waals surface area contributed by atoms with E-state index in [1.807, 2.05) is 0 Å². The van der Waals surface area contributed by atoms with E-state index >= 15 is 0 Å². The molecule has 0 aliphatic carbocycles. The molecule has 26 heavy (non-hydrogen) atoms. The molecule has 1 nitrogen and oxygen atoms in total. The maximum Gasteiger partial charge on any atom is 0.0431 e. The molecule has 7 unspecified atom stereocenters. The van der Waals surface area contributed by atoms with E-state index < -0.39 is 0 Å². The molecule has 0 bridgehead atoms. The quantitative estimate of drug-likeness (QED) is 0.311. The topological polar surface area (TPSA) is 20.2 Å². The third-order valence-electron chi connectivity index (χ3n) is 8.15. The average molecular weight is 369 g/mol. The predicted molar refractivity (Wildman–Crippen MR) is 118 cm³/mol. The Morgan fingerprint density at radius 2 is 1.35 bits per heavy atom. The van der Waals surface area contributed by atoms with Gasteiger partial charge in [0.25, 0.3) is 0 Å². The van der Waals surface area contributed by atoms with Gasteiger partial charge >= 0.3 is 0 Å². The van der Waals surface area contributed by atoms with Crippen molar-refractivity contribution >= 4 is 0 Å². The van der Waals surface area contributed by atoms with Gasteiger partial charge in [0.2, 0.25) is 0 Å². The third kappa shape index (κ3) is 6.54. The number of aliphatic hydroxyl groups excluding tert-OH is 1. The van der Waals surface area contributed by atoms with Crippen LogP contribution in [0.1, 0.15) is 114 Å². The van der Waals surface area contributed by atoms with Crippen molar-refractivity contribution in [3.8, 4) is 0 Å². The molecule has 7 atom stereocenters. The predicted octanol–water partition coefficient (Wildman–Crippen LogP) is 7.96. The van der Waals surface area contributed by atoms with Crippen LogP contribution < -0.4 is 0 Å². The SMILES string of the molecule is CCCC(C)C(CCC)(CCCO)C(C)C(C(C)CC)C(C)C(C)CC. The molecule has 0 radical (unpaired) electrons. The second-order valence-corrected chi connectivity index (χ2v) is 9.50. The van der Waals surface area contributed by atoms with Crippen LogP contribution in [0.25, 0.3) is 0 Å². The Hall–Kier alpha value is -0.0400. The summed E-state index contributed by atoms with van der Waals surface area (Å²) in [5, 5.41) is 9.62. The number of hydrogen-bond acceptors (Lipinski definition) is 1. The zero-order valence-corrected chi connectivity index (χ0v) is 19.8. The lowest BCUT2D eigenvalue weighted by Gasteiger charge is -2.51. The molecule has 1 heteroatoms. The summed E-state index contributed by atoms with van der Waals surface area (Å²) in [7, 11) is 0. The minimum atomic E-state index is 0.339. The highest BCUT2D eigenvalue weighted by atomic mass is 16.2. The van der Waals surface area contributed by atoms with Crippen LogP contribution in [-0.4, -0.2) is 11.7 Å². The van der Waals surface area contributed by atoms with E-state index in [9.17, 15) is 5.11 Å². The van der Waals surface area contributed by atoms with E-state index in [4.69, 9.17) is 0 Å². The highest BCUT2D eigenvalue weighted by molar-refractivity contribution is 4.94. The van der Waals surface area contributed by atoms with Crippen molar-refractivity contribution in [3.63, 3.8) is 0 Å². The van der Waals surface area contributed by atoms with E-state index in [1.54, 1.807) is 0 Å². The van der Waals surface area contributed by atoms with Crippen molar-refractivity contribution in [2.24, 2.45) is 40.9 Å². The Bertz CT molecular complexity index is 339. The largest absolute Gasteiger partial charge is 0.396 e. The lowest BCUT2D eigenvalue weighted by molar-refractivity contribution is -0.0255. The van der Waals surface area contributed by atoms with Crippen molar-refractivity contribution in [1.29, 1.82) is 0 Å². The van der Waals surface area contributed by atoms with Crippen LogP contribution in [0.4, 0.5) is 0 Å². The second kappa shape index (κ2) is 13.2. The van der Waals surface area contributed by atoms with Gasteiger partial charge in [-0.3, -0.25) is 0 Å². The Balaban J connectivity index is 6.01. The normalized spacial score (nSPS) is 21.5. The first-order valence-electron chi connectivity index (χ1n) is 11.9. The Morgan fingerprint density at radius 3 is 1.77 bits per heavy atom. The molecule has 0 saturated carbocycles. The zero-order chi connectivity index (χ0) is 20.3. The zero-order valence-electron chi connectivity index (χ0n) is 19.8. The van der Waals surface area contributed by atoms with Crippen LogP contribution in [0.5, 0.6) is 0 Å². The van der Waals surface area contributed by atoms with Gasteiger partial charge in [0.1, 0.15) is 0 Å². The van der Waals surface area contributed by atoms with Crippen molar-refractivity contribution in [3.05, 3.63) is 0 Å². The highest BCUT2D eigenvalue weighted by Crippen LogP contribution is 2.53. The summed E-state index contributed by atoms with van der Waals surface area (Å²) >= 11 is 0. The molecule has 158 valence electrons. The fourth-order valence-electron chi connectivity index (χ4n) is 5.99. The Morgan fingerprint density at radius 1 is 0.769 bits per heavy atom. The molecule has 0 aliphatic rings. The first-order chi connectivity index (χ1) is 12.3. The van der Waals surface area contributed by atoms with Crippen LogP contribution in [0, 0.1) is 40.9 Å². The molecule has 0 spiro atoms. The Labute approximate surface area is 166 Å².